The molecule has 0 unspecified atom stereocenters. The molecule has 0 saturated carbocycles. The van der Waals surface area contributed by atoms with E-state index in [-0.39, 0.29) is 37.7 Å². The second kappa shape index (κ2) is 7.08. The second-order valence-electron chi connectivity index (χ2n) is 1.49. The molecule has 66 valence electrons. The Bertz CT molecular complexity index is 424. The van der Waals surface area contributed by atoms with Crippen LogP contribution in [0.3, 0.4) is 0 Å². The van der Waals surface area contributed by atoms with Crippen LogP contribution >= 0.6 is 0 Å². The summed E-state index contributed by atoms with van der Waals surface area (Å²) in [7, 11) is -5.76. The summed E-state index contributed by atoms with van der Waals surface area (Å²) in [4.78, 5) is 10.6. The zero-order valence-electron chi connectivity index (χ0n) is 12.2. The minimum atomic E-state index is -5.76. The zero-order valence-corrected chi connectivity index (χ0v) is 9.27. The largest absolute Gasteiger partial charge is 2.00 e. The van der Waals surface area contributed by atoms with Crippen molar-refractivity contribution in [3.05, 3.63) is 0 Å². The summed E-state index contributed by atoms with van der Waals surface area (Å²) in [6.07, 6.45) is -3.76. The average molecular weight is 226 g/mol. The van der Waals surface area contributed by atoms with E-state index in [2.05, 4.69) is 0 Å². The van der Waals surface area contributed by atoms with E-state index in [0.29, 0.717) is 0 Å². The predicted octanol–water partition coefficient (Wildman–Crippen LogP) is -1.32. The van der Waals surface area contributed by atoms with E-state index in [9.17, 15) is 17.8 Å². The Morgan fingerprint density at radius 1 is 1.67 bits per heavy atom. The smallest absolute Gasteiger partial charge is 0.748 e. The summed E-state index contributed by atoms with van der Waals surface area (Å²) < 4.78 is 73.9. The van der Waals surface area contributed by atoms with Gasteiger partial charge in [-0.05, 0) is 6.37 Å². The molecule has 0 aromatic rings. The summed E-state index contributed by atoms with van der Waals surface area (Å²) in [5.74, 6) is -1.04. The van der Waals surface area contributed by atoms with Gasteiger partial charge in [0.2, 0.25) is 5.91 Å². The molecule has 0 rings (SSSR count). The molecule has 0 fully saturated rings. The van der Waals surface area contributed by atoms with Gasteiger partial charge in [-0.25, -0.2) is 8.42 Å². The van der Waals surface area contributed by atoms with Gasteiger partial charge < -0.3 is 9.87 Å². The summed E-state index contributed by atoms with van der Waals surface area (Å²) in [6, 6.07) is 0. The standard InChI is InChI=1S/C5H11NO4S.Ca/c1-5(7)6-3-2-4-11(8,9)10;/h2-4H2,1H3,(H,6,7)(H,8,9,10);/q;+2/p-1/i2D2,3D2,4D2;. The van der Waals surface area contributed by atoms with Crippen LogP contribution in [0.1, 0.15) is 21.5 Å². The van der Waals surface area contributed by atoms with Crippen LogP contribution in [0.5, 0.6) is 0 Å². The van der Waals surface area contributed by atoms with Gasteiger partial charge in [0, 0.05) is 27.4 Å². The molecule has 5 nitrogen and oxygen atoms in total. The van der Waals surface area contributed by atoms with Crippen LogP contribution in [0.15, 0.2) is 0 Å². The van der Waals surface area contributed by atoms with Gasteiger partial charge in [0.1, 0.15) is 0 Å². The number of nitrogens with one attached hydrogen (secondary N) is 1. The third-order valence-corrected chi connectivity index (χ3v) is 0.829. The van der Waals surface area contributed by atoms with Gasteiger partial charge in [-0.15, -0.1) is 0 Å². The van der Waals surface area contributed by atoms with Crippen molar-refractivity contribution in [1.82, 2.24) is 5.32 Å². The number of hydrogen-bond donors (Lipinski definition) is 1. The van der Waals surface area contributed by atoms with Crippen LogP contribution in [0.2, 0.25) is 0 Å². The summed E-state index contributed by atoms with van der Waals surface area (Å²) in [5.41, 5.74) is -4.04. The van der Waals surface area contributed by atoms with Crippen molar-refractivity contribution in [2.45, 2.75) is 13.3 Å². The van der Waals surface area contributed by atoms with Crippen LogP contribution in [0.25, 0.3) is 0 Å². The van der Waals surface area contributed by atoms with Crippen LogP contribution in [0.4, 0.5) is 0 Å². The van der Waals surface area contributed by atoms with Gasteiger partial charge in [-0.3, -0.25) is 4.79 Å². The number of carbonyl (C=O) groups is 1. The zero-order chi connectivity index (χ0) is 14.3. The van der Waals surface area contributed by atoms with Crippen molar-refractivity contribution in [3.8, 4) is 0 Å². The van der Waals surface area contributed by atoms with Crippen molar-refractivity contribution < 1.29 is 26.0 Å². The van der Waals surface area contributed by atoms with E-state index in [1.807, 2.05) is 0 Å². The Balaban J connectivity index is 0. The van der Waals surface area contributed by atoms with Crippen molar-refractivity contribution in [2.75, 3.05) is 12.2 Å². The molecule has 1 N–H and O–H groups in total. The molecule has 0 saturated heterocycles. The van der Waals surface area contributed by atoms with Gasteiger partial charge in [-0.2, -0.15) is 0 Å². The fraction of sp³-hybridized carbons (Fsp3) is 0.800. The molecular weight excluding hydrogens is 210 g/mol. The monoisotopic (exact) mass is 226 g/mol. The molecule has 0 atom stereocenters. The minimum Gasteiger partial charge on any atom is -0.748 e. The third kappa shape index (κ3) is 13.2. The molecule has 12 heavy (non-hydrogen) atoms. The van der Waals surface area contributed by atoms with Crippen molar-refractivity contribution in [2.24, 2.45) is 0 Å². The SMILES string of the molecule is [2H]C([2H])(NC(C)=O)C([2H])([2H])C([2H])([2H])S(=O)(=O)[O-].[Ca+2]. The third-order valence-electron chi connectivity index (χ3n) is 0.477. The van der Waals surface area contributed by atoms with Crippen LogP contribution in [0, 0.1) is 0 Å². The number of amides is 1. The Hall–Kier alpha value is 0.640. The van der Waals surface area contributed by atoms with Crippen molar-refractivity contribution in [1.29, 1.82) is 0 Å². The number of rotatable bonds is 4. The van der Waals surface area contributed by atoms with E-state index in [0.717, 1.165) is 6.92 Å². The molecule has 1 amide bonds. The van der Waals surface area contributed by atoms with E-state index in [1.165, 1.54) is 5.32 Å². The Kier molecular flexibility index (Phi) is 3.65. The maximum Gasteiger partial charge on any atom is 2.00 e. The first-order chi connectivity index (χ1) is 7.17. The van der Waals surface area contributed by atoms with Crippen LogP contribution in [-0.2, 0) is 14.9 Å². The molecule has 0 bridgehead atoms. The minimum absolute atomic E-state index is 0. The Morgan fingerprint density at radius 3 is 2.50 bits per heavy atom. The topological polar surface area (TPSA) is 86.3 Å². The molecule has 0 aliphatic carbocycles. The summed E-state index contributed by atoms with van der Waals surface area (Å²) in [6.45, 7) is -2.53. The van der Waals surface area contributed by atoms with Gasteiger partial charge in [-0.1, -0.05) is 0 Å². The van der Waals surface area contributed by atoms with Crippen molar-refractivity contribution >= 4 is 53.8 Å². The molecule has 0 aromatic heterocycles. The van der Waals surface area contributed by atoms with Gasteiger partial charge in [0.15, 0.2) is 0 Å². The first kappa shape index (κ1) is 6.18. The van der Waals surface area contributed by atoms with Crippen molar-refractivity contribution in [3.63, 3.8) is 0 Å². The second-order valence-corrected chi connectivity index (χ2v) is 2.60. The first-order valence-electron chi connectivity index (χ1n) is 5.41. The number of carbonyl (C=O) groups excluding carboxylic acids is 1. The van der Waals surface area contributed by atoms with Gasteiger partial charge in [0.05, 0.1) is 10.1 Å². The maximum absolute atomic E-state index is 10.6. The summed E-state index contributed by atoms with van der Waals surface area (Å²) >= 11 is 0. The molecule has 0 aliphatic rings. The van der Waals surface area contributed by atoms with Crippen LogP contribution in [-0.4, -0.2) is 68.8 Å². The van der Waals surface area contributed by atoms with E-state index >= 15 is 0 Å². The van der Waals surface area contributed by atoms with Crippen LogP contribution < -0.4 is 5.32 Å². The van der Waals surface area contributed by atoms with E-state index < -0.39 is 34.6 Å². The van der Waals surface area contributed by atoms with E-state index in [4.69, 9.17) is 8.22 Å². The fourth-order valence-electron chi connectivity index (χ4n) is 0.207. The molecule has 0 aliphatic heterocycles. The molecule has 7 heteroatoms. The molecular formula is C5H10CaNO4S+. The molecule has 0 spiro atoms. The molecule has 0 aromatic carbocycles. The average Bonchev–Trinajstić information content (AvgIpc) is 1.98. The Morgan fingerprint density at radius 2 is 2.17 bits per heavy atom. The fourth-order valence-corrected chi connectivity index (χ4v) is 0.383. The predicted molar refractivity (Wildman–Crippen MR) is 43.6 cm³/mol. The first-order valence-corrected chi connectivity index (χ1v) is 3.82. The van der Waals surface area contributed by atoms with Gasteiger partial charge in [0.25, 0.3) is 0 Å². The normalized spacial score (nSPS) is 21.2. The molecule has 0 radical (unpaired) electrons. The maximum atomic E-state index is 10.6. The molecule has 0 heterocycles. The van der Waals surface area contributed by atoms with Gasteiger partial charge >= 0.3 is 37.7 Å². The van der Waals surface area contributed by atoms with E-state index in [1.54, 1.807) is 0 Å². The quantitative estimate of drug-likeness (QED) is 0.476. The summed E-state index contributed by atoms with van der Waals surface area (Å²) in [5, 5.41) is 1.41. The number of hydrogen-bond acceptors (Lipinski definition) is 4. The Labute approximate surface area is 110 Å².